The first-order valence-electron chi connectivity index (χ1n) is 8.10. The number of hydrogen-bond donors (Lipinski definition) is 1. The molecule has 0 saturated heterocycles. The molecule has 0 spiro atoms. The van der Waals surface area contributed by atoms with Crippen LogP contribution in [0.2, 0.25) is 5.02 Å². The first-order chi connectivity index (χ1) is 13.0. The Balaban J connectivity index is 2.20. The molecule has 1 N–H and O–H groups in total. The summed E-state index contributed by atoms with van der Waals surface area (Å²) in [5.74, 6) is -0.567. The molecule has 2 aromatic carbocycles. The Morgan fingerprint density at radius 1 is 1.14 bits per heavy atom. The van der Waals surface area contributed by atoms with Crippen molar-refractivity contribution in [2.75, 3.05) is 14.1 Å². The van der Waals surface area contributed by atoms with Crippen LogP contribution in [0, 0.1) is 0 Å². The van der Waals surface area contributed by atoms with Crippen LogP contribution in [0.5, 0.6) is 5.75 Å². The van der Waals surface area contributed by atoms with Crippen molar-refractivity contribution in [3.05, 3.63) is 58.6 Å². The molecular formula is C18H19ClF2N2O4S. The van der Waals surface area contributed by atoms with E-state index in [2.05, 4.69) is 10.1 Å². The number of nitrogens with zero attached hydrogens (tertiary/aromatic N) is 1. The van der Waals surface area contributed by atoms with Gasteiger partial charge in [-0.25, -0.2) is 12.7 Å². The summed E-state index contributed by atoms with van der Waals surface area (Å²) in [6.07, 6.45) is 0. The van der Waals surface area contributed by atoms with E-state index in [0.29, 0.717) is 5.56 Å². The van der Waals surface area contributed by atoms with Crippen molar-refractivity contribution in [3.63, 3.8) is 0 Å². The van der Waals surface area contributed by atoms with Crippen LogP contribution in [0.25, 0.3) is 0 Å². The van der Waals surface area contributed by atoms with E-state index in [9.17, 15) is 22.0 Å². The second kappa shape index (κ2) is 8.85. The maximum Gasteiger partial charge on any atom is 0.387 e. The lowest BCUT2D eigenvalue weighted by atomic mass is 10.1. The lowest BCUT2D eigenvalue weighted by Gasteiger charge is -2.17. The van der Waals surface area contributed by atoms with Crippen LogP contribution in [0.1, 0.15) is 28.9 Å². The number of halogens is 3. The molecular weight excluding hydrogens is 414 g/mol. The topological polar surface area (TPSA) is 75.7 Å². The fourth-order valence-electron chi connectivity index (χ4n) is 2.35. The summed E-state index contributed by atoms with van der Waals surface area (Å²) in [4.78, 5) is 12.5. The van der Waals surface area contributed by atoms with E-state index in [4.69, 9.17) is 11.6 Å². The number of benzene rings is 2. The summed E-state index contributed by atoms with van der Waals surface area (Å²) in [5.41, 5.74) is 0.650. The smallest absolute Gasteiger partial charge is 0.387 e. The summed E-state index contributed by atoms with van der Waals surface area (Å²) in [6.45, 7) is -1.23. The van der Waals surface area contributed by atoms with Crippen molar-refractivity contribution in [3.8, 4) is 5.75 Å². The Labute approximate surface area is 167 Å². The Morgan fingerprint density at radius 3 is 2.29 bits per heavy atom. The molecule has 1 atom stereocenters. The quantitative estimate of drug-likeness (QED) is 0.724. The van der Waals surface area contributed by atoms with Crippen molar-refractivity contribution in [1.82, 2.24) is 9.62 Å². The van der Waals surface area contributed by atoms with Gasteiger partial charge in [-0.3, -0.25) is 4.79 Å². The summed E-state index contributed by atoms with van der Waals surface area (Å²) in [6, 6.07) is 9.18. The van der Waals surface area contributed by atoms with Crippen molar-refractivity contribution >= 4 is 27.5 Å². The molecule has 0 aromatic heterocycles. The van der Waals surface area contributed by atoms with Crippen LogP contribution >= 0.6 is 11.6 Å². The third-order valence-electron chi connectivity index (χ3n) is 3.91. The van der Waals surface area contributed by atoms with Gasteiger partial charge in [-0.05, 0) is 42.8 Å². The third kappa shape index (κ3) is 5.18. The van der Waals surface area contributed by atoms with Crippen LogP contribution < -0.4 is 10.1 Å². The van der Waals surface area contributed by atoms with Crippen LogP contribution in [-0.2, 0) is 10.0 Å². The average molecular weight is 433 g/mol. The maximum absolute atomic E-state index is 12.6. The van der Waals surface area contributed by atoms with Crippen LogP contribution in [0.4, 0.5) is 8.78 Å². The minimum absolute atomic E-state index is 0.00177. The Morgan fingerprint density at radius 2 is 1.75 bits per heavy atom. The number of nitrogens with one attached hydrogen (secondary N) is 1. The third-order valence-corrected chi connectivity index (χ3v) is 6.05. The average Bonchev–Trinajstić information content (AvgIpc) is 2.61. The lowest BCUT2D eigenvalue weighted by molar-refractivity contribution is -0.0498. The van der Waals surface area contributed by atoms with E-state index < -0.39 is 28.6 Å². The van der Waals surface area contributed by atoms with Gasteiger partial charge < -0.3 is 10.1 Å². The number of amides is 1. The zero-order valence-electron chi connectivity index (χ0n) is 15.3. The molecule has 1 amide bonds. The minimum Gasteiger partial charge on any atom is -0.435 e. The van der Waals surface area contributed by atoms with Crippen molar-refractivity contribution < 1.29 is 26.7 Å². The molecule has 0 heterocycles. The first kappa shape index (κ1) is 22.1. The highest BCUT2D eigenvalue weighted by Gasteiger charge is 2.21. The normalized spacial score (nSPS) is 12.9. The lowest BCUT2D eigenvalue weighted by Crippen LogP contribution is -2.28. The van der Waals surface area contributed by atoms with Gasteiger partial charge in [-0.1, -0.05) is 23.7 Å². The molecule has 0 saturated carbocycles. The number of ether oxygens (including phenoxy) is 1. The molecule has 0 bridgehead atoms. The van der Waals surface area contributed by atoms with Gasteiger partial charge in [0.15, 0.2) is 0 Å². The van der Waals surface area contributed by atoms with Crippen molar-refractivity contribution in [2.45, 2.75) is 24.5 Å². The molecule has 28 heavy (non-hydrogen) atoms. The molecule has 2 aromatic rings. The molecule has 0 aliphatic carbocycles. The molecule has 0 aliphatic heterocycles. The molecule has 0 aliphatic rings. The van der Waals surface area contributed by atoms with Gasteiger partial charge in [0.05, 0.1) is 21.5 Å². The SMILES string of the molecule is C[C@H](NC(=O)c1cc(S(=O)(=O)N(C)C)ccc1Cl)c1ccc(OC(F)F)cc1. The molecule has 2 rings (SSSR count). The number of carbonyl (C=O) groups excluding carboxylic acids is 1. The van der Waals surface area contributed by atoms with Gasteiger partial charge in [-0.2, -0.15) is 8.78 Å². The van der Waals surface area contributed by atoms with Crippen molar-refractivity contribution in [1.29, 1.82) is 0 Å². The first-order valence-corrected chi connectivity index (χ1v) is 9.92. The zero-order valence-corrected chi connectivity index (χ0v) is 16.9. The van der Waals surface area contributed by atoms with Gasteiger partial charge in [-0.15, -0.1) is 0 Å². The number of rotatable bonds is 7. The Kier molecular flexibility index (Phi) is 6.97. The second-order valence-corrected chi connectivity index (χ2v) is 8.63. The highest BCUT2D eigenvalue weighted by molar-refractivity contribution is 7.89. The van der Waals surface area contributed by atoms with Crippen LogP contribution in [-0.4, -0.2) is 39.3 Å². The second-order valence-electron chi connectivity index (χ2n) is 6.07. The van der Waals surface area contributed by atoms with Gasteiger partial charge in [0.1, 0.15) is 5.75 Å². The van der Waals surface area contributed by atoms with E-state index in [0.717, 1.165) is 4.31 Å². The van der Waals surface area contributed by atoms with Gasteiger partial charge >= 0.3 is 6.61 Å². The van der Waals surface area contributed by atoms with E-state index in [1.54, 1.807) is 6.92 Å². The van der Waals surface area contributed by atoms with Crippen molar-refractivity contribution in [2.24, 2.45) is 0 Å². The number of alkyl halides is 2. The fourth-order valence-corrected chi connectivity index (χ4v) is 3.48. The highest BCUT2D eigenvalue weighted by atomic mass is 35.5. The molecule has 0 unspecified atom stereocenters. The van der Waals surface area contributed by atoms with E-state index in [-0.39, 0.29) is 21.2 Å². The highest BCUT2D eigenvalue weighted by Crippen LogP contribution is 2.24. The molecule has 0 radical (unpaired) electrons. The van der Waals surface area contributed by atoms with Gasteiger partial charge in [0, 0.05) is 14.1 Å². The van der Waals surface area contributed by atoms with Crippen LogP contribution in [0.15, 0.2) is 47.4 Å². The Hall–Kier alpha value is -2.23. The predicted octanol–water partition coefficient (Wildman–Crippen LogP) is 3.68. The number of sulfonamides is 1. The monoisotopic (exact) mass is 432 g/mol. The minimum atomic E-state index is -3.73. The molecule has 6 nitrogen and oxygen atoms in total. The van der Waals surface area contributed by atoms with E-state index in [1.807, 2.05) is 0 Å². The van der Waals surface area contributed by atoms with E-state index >= 15 is 0 Å². The summed E-state index contributed by atoms with van der Waals surface area (Å²) in [7, 11) is -0.961. The summed E-state index contributed by atoms with van der Waals surface area (Å²) < 4.78 is 54.2. The predicted molar refractivity (Wildman–Crippen MR) is 101 cm³/mol. The molecule has 0 fully saturated rings. The van der Waals surface area contributed by atoms with E-state index in [1.165, 1.54) is 56.6 Å². The zero-order chi connectivity index (χ0) is 21.1. The summed E-state index contributed by atoms with van der Waals surface area (Å²) >= 11 is 6.06. The number of carbonyl (C=O) groups is 1. The molecule has 10 heteroatoms. The molecule has 152 valence electrons. The van der Waals surface area contributed by atoms with Crippen LogP contribution in [0.3, 0.4) is 0 Å². The Bertz CT molecular complexity index is 951. The number of hydrogen-bond acceptors (Lipinski definition) is 4. The standard InChI is InChI=1S/C18H19ClF2N2O4S/c1-11(12-4-6-13(7-5-12)27-18(20)21)22-17(24)15-10-14(8-9-16(15)19)28(25,26)23(2)3/h4-11,18H,1-3H3,(H,22,24)/t11-/m0/s1. The largest absolute Gasteiger partial charge is 0.435 e. The van der Waals surface area contributed by atoms with Gasteiger partial charge in [0.25, 0.3) is 5.91 Å². The fraction of sp³-hybridized carbons (Fsp3) is 0.278. The summed E-state index contributed by atoms with van der Waals surface area (Å²) in [5, 5.41) is 2.80. The maximum atomic E-state index is 12.6. The van der Waals surface area contributed by atoms with Gasteiger partial charge in [0.2, 0.25) is 10.0 Å².